The Labute approximate surface area is 232 Å². The number of methoxy groups -OCH3 is 1. The third-order valence-electron chi connectivity index (χ3n) is 6.13. The molecule has 2 aromatic carbocycles. The van der Waals surface area contributed by atoms with Crippen LogP contribution in [0.25, 0.3) is 10.2 Å². The first-order chi connectivity index (χ1) is 17.3. The van der Waals surface area contributed by atoms with E-state index in [4.69, 9.17) is 26.1 Å². The molecule has 0 bridgehead atoms. The van der Waals surface area contributed by atoms with E-state index >= 15 is 0 Å². The number of rotatable bonds is 10. The lowest BCUT2D eigenvalue weighted by atomic mass is 10.2. The van der Waals surface area contributed by atoms with Crippen molar-refractivity contribution >= 4 is 66.4 Å². The summed E-state index contributed by atoms with van der Waals surface area (Å²) < 4.78 is 37.2. The fourth-order valence-corrected chi connectivity index (χ4v) is 6.81. The third-order valence-corrected chi connectivity index (χ3v) is 9.11. The molecule has 1 aromatic heterocycles. The third kappa shape index (κ3) is 7.55. The average molecular weight is 589 g/mol. The first kappa shape index (κ1) is 29.6. The summed E-state index contributed by atoms with van der Waals surface area (Å²) in [5.41, 5.74) is 1.74. The van der Waals surface area contributed by atoms with Crippen molar-refractivity contribution < 1.29 is 22.7 Å². The number of carbonyl (C=O) groups excluding carboxylic acids is 1. The number of anilines is 1. The summed E-state index contributed by atoms with van der Waals surface area (Å²) in [6.07, 6.45) is 0.605. The number of aromatic nitrogens is 1. The number of hydrogen-bond donors (Lipinski definition) is 0. The van der Waals surface area contributed by atoms with Crippen LogP contribution in [-0.2, 0) is 19.4 Å². The van der Waals surface area contributed by atoms with Crippen molar-refractivity contribution in [1.29, 1.82) is 0 Å². The number of benzene rings is 2. The van der Waals surface area contributed by atoms with Crippen molar-refractivity contribution in [3.63, 3.8) is 0 Å². The van der Waals surface area contributed by atoms with E-state index < -0.39 is 9.84 Å². The average Bonchev–Trinajstić information content (AvgIpc) is 3.30. The highest BCUT2D eigenvalue weighted by Crippen LogP contribution is 2.33. The predicted molar refractivity (Wildman–Crippen MR) is 151 cm³/mol. The van der Waals surface area contributed by atoms with Crippen LogP contribution in [-0.4, -0.2) is 76.5 Å². The molecule has 0 atom stereocenters. The minimum Gasteiger partial charge on any atom is -0.497 e. The molecule has 1 saturated heterocycles. The number of ether oxygens (including phenoxy) is 2. The zero-order valence-corrected chi connectivity index (χ0v) is 24.0. The summed E-state index contributed by atoms with van der Waals surface area (Å²) >= 11 is 7.62. The Balaban J connectivity index is 0.00000380. The van der Waals surface area contributed by atoms with Crippen LogP contribution >= 0.6 is 35.3 Å². The molecule has 0 saturated carbocycles. The van der Waals surface area contributed by atoms with Gasteiger partial charge in [0.05, 0.1) is 41.2 Å². The summed E-state index contributed by atoms with van der Waals surface area (Å²) in [7, 11) is -2.11. The normalized spacial score (nSPS) is 14.4. The van der Waals surface area contributed by atoms with E-state index in [1.165, 1.54) is 30.6 Å². The number of nitrogens with zero attached hydrogens (tertiary/aromatic N) is 3. The van der Waals surface area contributed by atoms with Gasteiger partial charge in [0, 0.05) is 37.6 Å². The molecule has 1 aliphatic heterocycles. The highest BCUT2D eigenvalue weighted by Gasteiger charge is 2.24. The van der Waals surface area contributed by atoms with Crippen LogP contribution in [0.15, 0.2) is 41.3 Å². The molecule has 8 nitrogen and oxygen atoms in total. The predicted octanol–water partition coefficient (Wildman–Crippen LogP) is 4.61. The maximum atomic E-state index is 13.4. The number of hydrogen-bond acceptors (Lipinski definition) is 8. The minimum atomic E-state index is -3.63. The van der Waals surface area contributed by atoms with Crippen molar-refractivity contribution in [3.8, 4) is 5.75 Å². The summed E-state index contributed by atoms with van der Waals surface area (Å²) in [6.45, 7) is 6.37. The lowest BCUT2D eigenvalue weighted by molar-refractivity contribution is -0.118. The SMILES string of the molecule is COc1ccc(S(=O)(=O)CCC(=O)N(CCCN2CCOCC2)c2nc3c(C)cc(Cl)cc3s2)cc1.Cl. The van der Waals surface area contributed by atoms with Crippen molar-refractivity contribution in [2.24, 2.45) is 0 Å². The molecular weight excluding hydrogens is 557 g/mol. The zero-order valence-electron chi connectivity index (χ0n) is 20.8. The van der Waals surface area contributed by atoms with Crippen molar-refractivity contribution in [1.82, 2.24) is 9.88 Å². The molecule has 202 valence electrons. The molecule has 0 spiro atoms. The van der Waals surface area contributed by atoms with Gasteiger partial charge < -0.3 is 9.47 Å². The Morgan fingerprint density at radius 2 is 1.92 bits per heavy atom. The summed E-state index contributed by atoms with van der Waals surface area (Å²) in [4.78, 5) is 22.2. The van der Waals surface area contributed by atoms with Gasteiger partial charge in [0.1, 0.15) is 5.75 Å². The molecule has 0 radical (unpaired) electrons. The molecule has 37 heavy (non-hydrogen) atoms. The summed E-state index contributed by atoms with van der Waals surface area (Å²) in [6, 6.07) is 9.88. The maximum Gasteiger partial charge on any atom is 0.229 e. The van der Waals surface area contributed by atoms with E-state index in [2.05, 4.69) is 4.90 Å². The number of sulfone groups is 1. The monoisotopic (exact) mass is 587 g/mol. The second-order valence-electron chi connectivity index (χ2n) is 8.66. The Morgan fingerprint density at radius 1 is 1.22 bits per heavy atom. The molecule has 2 heterocycles. The summed E-state index contributed by atoms with van der Waals surface area (Å²) in [5.74, 6) is 0.0213. The number of carbonyl (C=O) groups is 1. The molecule has 0 N–H and O–H groups in total. The van der Waals surface area contributed by atoms with E-state index in [1.54, 1.807) is 17.0 Å². The number of aryl methyl sites for hydroxylation is 1. The van der Waals surface area contributed by atoms with Gasteiger partial charge >= 0.3 is 0 Å². The van der Waals surface area contributed by atoms with Crippen molar-refractivity contribution in [3.05, 3.63) is 47.0 Å². The van der Waals surface area contributed by atoms with Gasteiger partial charge in [0.25, 0.3) is 0 Å². The van der Waals surface area contributed by atoms with Crippen LogP contribution in [0.3, 0.4) is 0 Å². The van der Waals surface area contributed by atoms with E-state index in [1.807, 2.05) is 19.1 Å². The number of amides is 1. The minimum absolute atomic E-state index is 0. The fraction of sp³-hybridized carbons (Fsp3) is 0.440. The van der Waals surface area contributed by atoms with Crippen LogP contribution in [0.1, 0.15) is 18.4 Å². The molecule has 1 fully saturated rings. The molecule has 0 aliphatic carbocycles. The first-order valence-electron chi connectivity index (χ1n) is 11.8. The van der Waals surface area contributed by atoms with Gasteiger partial charge in [-0.05, 0) is 55.3 Å². The lowest BCUT2D eigenvalue weighted by Crippen LogP contribution is -2.39. The van der Waals surface area contributed by atoms with Gasteiger partial charge in [0.15, 0.2) is 15.0 Å². The second kappa shape index (κ2) is 13.2. The number of thiazole rings is 1. The van der Waals surface area contributed by atoms with Crippen LogP contribution in [0.2, 0.25) is 5.02 Å². The molecule has 4 rings (SSSR count). The van der Waals surface area contributed by atoms with E-state index in [-0.39, 0.29) is 35.4 Å². The maximum absolute atomic E-state index is 13.4. The van der Waals surface area contributed by atoms with Gasteiger partial charge in [0.2, 0.25) is 5.91 Å². The standard InChI is InChI=1S/C25H30ClN3O5S2.ClH/c1-18-16-19(26)17-22-24(18)27-25(35-22)29(10-3-9-28-11-13-34-14-12-28)23(30)8-15-36(31,32)21-6-4-20(33-2)5-7-21;/h4-7,16-17H,3,8-15H2,1-2H3;1H. The molecule has 3 aromatic rings. The molecule has 1 amide bonds. The quantitative estimate of drug-likeness (QED) is 0.342. The lowest BCUT2D eigenvalue weighted by Gasteiger charge is -2.27. The van der Waals surface area contributed by atoms with Crippen LogP contribution in [0, 0.1) is 6.92 Å². The van der Waals surface area contributed by atoms with Gasteiger partial charge in [-0.3, -0.25) is 14.6 Å². The Bertz CT molecular complexity index is 1310. The van der Waals surface area contributed by atoms with Crippen LogP contribution < -0.4 is 9.64 Å². The first-order valence-corrected chi connectivity index (χ1v) is 14.7. The molecule has 12 heteroatoms. The van der Waals surface area contributed by atoms with Crippen molar-refractivity contribution in [2.75, 3.05) is 57.2 Å². The number of halogens is 2. The van der Waals surface area contributed by atoms with Gasteiger partial charge in [-0.15, -0.1) is 12.4 Å². The zero-order chi connectivity index (χ0) is 25.7. The smallest absolute Gasteiger partial charge is 0.229 e. The van der Waals surface area contributed by atoms with E-state index in [0.29, 0.717) is 35.7 Å². The van der Waals surface area contributed by atoms with Gasteiger partial charge in [-0.25, -0.2) is 13.4 Å². The Morgan fingerprint density at radius 3 is 2.59 bits per heavy atom. The Hall–Kier alpha value is -1.95. The van der Waals surface area contributed by atoms with Crippen LogP contribution in [0.4, 0.5) is 5.13 Å². The molecule has 0 unspecified atom stereocenters. The van der Waals surface area contributed by atoms with Gasteiger partial charge in [-0.2, -0.15) is 0 Å². The van der Waals surface area contributed by atoms with E-state index in [9.17, 15) is 13.2 Å². The fourth-order valence-electron chi connectivity index (χ4n) is 4.12. The number of fused-ring (bicyclic) bond motifs is 1. The molecular formula is C25H31Cl2N3O5S2. The highest BCUT2D eigenvalue weighted by molar-refractivity contribution is 7.91. The van der Waals surface area contributed by atoms with Crippen molar-refractivity contribution in [2.45, 2.75) is 24.7 Å². The van der Waals surface area contributed by atoms with Crippen LogP contribution in [0.5, 0.6) is 5.75 Å². The van der Waals surface area contributed by atoms with E-state index in [0.717, 1.165) is 41.8 Å². The summed E-state index contributed by atoms with van der Waals surface area (Å²) in [5, 5.41) is 1.18. The largest absolute Gasteiger partial charge is 0.497 e. The number of morpholine rings is 1. The highest BCUT2D eigenvalue weighted by atomic mass is 35.5. The topological polar surface area (TPSA) is 89.0 Å². The second-order valence-corrected chi connectivity index (χ2v) is 12.2. The molecule has 1 aliphatic rings. The Kier molecular flexibility index (Phi) is 10.6. The van der Waals surface area contributed by atoms with Gasteiger partial charge in [-0.1, -0.05) is 22.9 Å².